The molecule has 0 unspecified atom stereocenters. The zero-order chi connectivity index (χ0) is 25.6. The zero-order valence-corrected chi connectivity index (χ0v) is 21.7. The Labute approximate surface area is 216 Å². The maximum absolute atomic E-state index is 14.1. The maximum Gasteiger partial charge on any atom is 0.338 e. The molecule has 2 aliphatic rings. The number of amides is 1. The van der Waals surface area contributed by atoms with Gasteiger partial charge in [0.1, 0.15) is 10.6 Å². The van der Waals surface area contributed by atoms with Crippen molar-refractivity contribution in [2.24, 2.45) is 4.99 Å². The van der Waals surface area contributed by atoms with Crippen LogP contribution in [-0.2, 0) is 14.3 Å². The molecule has 1 aromatic heterocycles. The summed E-state index contributed by atoms with van der Waals surface area (Å²) in [5.41, 5.74) is 2.75. The van der Waals surface area contributed by atoms with E-state index in [1.165, 1.54) is 4.57 Å². The number of nitrogens with zero attached hydrogens (tertiary/aromatic N) is 3. The van der Waals surface area contributed by atoms with E-state index in [0.29, 0.717) is 37.7 Å². The van der Waals surface area contributed by atoms with E-state index in [1.54, 1.807) is 43.0 Å². The fourth-order valence-electron chi connectivity index (χ4n) is 4.78. The molecule has 0 spiro atoms. The second kappa shape index (κ2) is 9.52. The number of halogens is 1. The summed E-state index contributed by atoms with van der Waals surface area (Å²) >= 11 is 7.72. The van der Waals surface area contributed by atoms with Crippen molar-refractivity contribution in [3.05, 3.63) is 95.6 Å². The molecule has 0 aliphatic carbocycles. The standard InChI is InChI=1S/C27H24ClN3O4S/c1-4-14-30-19-13-9-7-11-17(19)21(24(30)32)23-25(33)31-22(16-10-6-8-12-18(16)28)20(26(34)35-5-2)15(3)29-27(31)36-23/h6-13,22H,4-5,14H2,1-3H3/t22-/m1/s1. The fraction of sp³-hybridized carbons (Fsp3) is 0.259. The van der Waals surface area contributed by atoms with Crippen molar-refractivity contribution in [3.8, 4) is 0 Å². The van der Waals surface area contributed by atoms with Crippen molar-refractivity contribution >= 4 is 46.1 Å². The molecule has 7 nitrogen and oxygen atoms in total. The summed E-state index contributed by atoms with van der Waals surface area (Å²) in [6, 6.07) is 13.7. The number of esters is 1. The van der Waals surface area contributed by atoms with E-state index >= 15 is 0 Å². The molecule has 9 heteroatoms. The predicted octanol–water partition coefficient (Wildman–Crippen LogP) is 3.58. The van der Waals surface area contributed by atoms with Crippen molar-refractivity contribution in [2.45, 2.75) is 33.2 Å². The first-order chi connectivity index (χ1) is 17.4. The first-order valence-corrected chi connectivity index (χ1v) is 13.0. The number of thiazole rings is 1. The second-order valence-corrected chi connectivity index (χ2v) is 9.88. The van der Waals surface area contributed by atoms with E-state index in [9.17, 15) is 14.4 Å². The number of hydrogen-bond donors (Lipinski definition) is 0. The SMILES string of the molecule is CCCN1C(=O)C(=c2sc3n(c2=O)[C@H](c2ccccc2Cl)C(C(=O)OCC)=C(C)N=3)c2ccccc21. The Balaban J connectivity index is 1.83. The molecule has 0 radical (unpaired) electrons. The predicted molar refractivity (Wildman–Crippen MR) is 140 cm³/mol. The largest absolute Gasteiger partial charge is 0.463 e. The Kier molecular flexibility index (Phi) is 6.40. The number of anilines is 1. The average molecular weight is 522 g/mol. The highest BCUT2D eigenvalue weighted by atomic mass is 35.5. The lowest BCUT2D eigenvalue weighted by atomic mass is 9.96. The molecule has 0 saturated heterocycles. The molecule has 1 amide bonds. The number of ether oxygens (including phenoxy) is 1. The first-order valence-electron chi connectivity index (χ1n) is 11.8. The Morgan fingerprint density at radius 2 is 1.83 bits per heavy atom. The van der Waals surface area contributed by atoms with Crippen LogP contribution >= 0.6 is 22.9 Å². The van der Waals surface area contributed by atoms with Gasteiger partial charge >= 0.3 is 5.97 Å². The smallest absolute Gasteiger partial charge is 0.338 e. The zero-order valence-electron chi connectivity index (χ0n) is 20.1. The third-order valence-electron chi connectivity index (χ3n) is 6.29. The van der Waals surface area contributed by atoms with E-state index in [4.69, 9.17) is 16.3 Å². The third kappa shape index (κ3) is 3.72. The molecule has 5 rings (SSSR count). The summed E-state index contributed by atoms with van der Waals surface area (Å²) in [7, 11) is 0. The molecule has 0 bridgehead atoms. The molecule has 3 aromatic rings. The van der Waals surface area contributed by atoms with Gasteiger partial charge in [-0.2, -0.15) is 0 Å². The lowest BCUT2D eigenvalue weighted by Gasteiger charge is -2.25. The van der Waals surface area contributed by atoms with E-state index in [-0.39, 0.29) is 18.1 Å². The number of aromatic nitrogens is 1. The summed E-state index contributed by atoms with van der Waals surface area (Å²) in [4.78, 5) is 47.4. The summed E-state index contributed by atoms with van der Waals surface area (Å²) in [5, 5.41) is 0.411. The lowest BCUT2D eigenvalue weighted by molar-refractivity contribution is -0.139. The number of carbonyl (C=O) groups excluding carboxylic acids is 2. The van der Waals surface area contributed by atoms with Gasteiger partial charge in [0.2, 0.25) is 0 Å². The van der Waals surface area contributed by atoms with Gasteiger partial charge in [0.15, 0.2) is 4.80 Å². The van der Waals surface area contributed by atoms with Gasteiger partial charge in [-0.15, -0.1) is 0 Å². The van der Waals surface area contributed by atoms with Gasteiger partial charge in [0.25, 0.3) is 11.5 Å². The van der Waals surface area contributed by atoms with Crippen LogP contribution in [0, 0.1) is 0 Å². The van der Waals surface area contributed by atoms with Crippen molar-refractivity contribution < 1.29 is 14.3 Å². The number of carbonyl (C=O) groups is 2. The van der Waals surface area contributed by atoms with Gasteiger partial charge in [-0.3, -0.25) is 14.2 Å². The van der Waals surface area contributed by atoms with Gasteiger partial charge in [-0.25, -0.2) is 9.79 Å². The van der Waals surface area contributed by atoms with Crippen LogP contribution in [0.1, 0.15) is 44.4 Å². The van der Waals surface area contributed by atoms with Crippen LogP contribution in [0.15, 0.2) is 69.6 Å². The van der Waals surface area contributed by atoms with E-state index in [1.807, 2.05) is 31.2 Å². The topological polar surface area (TPSA) is 81.0 Å². The summed E-state index contributed by atoms with van der Waals surface area (Å²) in [6.07, 6.45) is 0.781. The van der Waals surface area contributed by atoms with Crippen molar-refractivity contribution in [1.82, 2.24) is 4.57 Å². The molecule has 184 valence electrons. The van der Waals surface area contributed by atoms with Crippen LogP contribution in [0.2, 0.25) is 5.02 Å². The van der Waals surface area contributed by atoms with Crippen LogP contribution < -0.4 is 19.8 Å². The highest BCUT2D eigenvalue weighted by Gasteiger charge is 2.37. The normalized spacial score (nSPS) is 18.2. The molecule has 1 atom stereocenters. The van der Waals surface area contributed by atoms with Gasteiger partial charge in [0, 0.05) is 17.1 Å². The van der Waals surface area contributed by atoms with Crippen LogP contribution in [0.4, 0.5) is 5.69 Å². The maximum atomic E-state index is 14.1. The highest BCUT2D eigenvalue weighted by Crippen LogP contribution is 2.36. The molecule has 36 heavy (non-hydrogen) atoms. The Morgan fingerprint density at radius 1 is 1.11 bits per heavy atom. The number of allylic oxidation sites excluding steroid dienone is 1. The van der Waals surface area contributed by atoms with Crippen molar-refractivity contribution in [3.63, 3.8) is 0 Å². The van der Waals surface area contributed by atoms with Crippen molar-refractivity contribution in [1.29, 1.82) is 0 Å². The summed E-state index contributed by atoms with van der Waals surface area (Å²) < 4.78 is 7.09. The van der Waals surface area contributed by atoms with E-state index in [2.05, 4.69) is 4.99 Å². The van der Waals surface area contributed by atoms with Crippen LogP contribution in [0.25, 0.3) is 5.57 Å². The van der Waals surface area contributed by atoms with E-state index < -0.39 is 17.6 Å². The van der Waals surface area contributed by atoms with Crippen molar-refractivity contribution in [2.75, 3.05) is 18.1 Å². The number of benzene rings is 2. The molecule has 0 fully saturated rings. The van der Waals surface area contributed by atoms with Gasteiger partial charge in [-0.05, 0) is 38.0 Å². The second-order valence-electron chi connectivity index (χ2n) is 8.49. The Morgan fingerprint density at radius 3 is 2.56 bits per heavy atom. The third-order valence-corrected chi connectivity index (χ3v) is 7.69. The molecule has 2 aliphatic heterocycles. The minimum atomic E-state index is -0.832. The highest BCUT2D eigenvalue weighted by molar-refractivity contribution is 7.07. The minimum absolute atomic E-state index is 0.179. The molecule has 2 aromatic carbocycles. The quantitative estimate of drug-likeness (QED) is 0.481. The number of hydrogen-bond acceptors (Lipinski definition) is 6. The summed E-state index contributed by atoms with van der Waals surface area (Å²) in [6.45, 7) is 6.17. The fourth-order valence-corrected chi connectivity index (χ4v) is 6.15. The summed E-state index contributed by atoms with van der Waals surface area (Å²) in [5.74, 6) is -0.767. The van der Waals surface area contributed by atoms with Crippen LogP contribution in [0.5, 0.6) is 0 Å². The molecule has 0 N–H and O–H groups in total. The molecular formula is C27H24ClN3O4S. The molecule has 3 heterocycles. The molecule has 0 saturated carbocycles. The number of fused-ring (bicyclic) bond motifs is 2. The van der Waals surface area contributed by atoms with Crippen LogP contribution in [-0.4, -0.2) is 29.6 Å². The molecular weight excluding hydrogens is 498 g/mol. The Bertz CT molecular complexity index is 1620. The van der Waals surface area contributed by atoms with Gasteiger partial charge in [0.05, 0.1) is 29.1 Å². The van der Waals surface area contributed by atoms with Gasteiger partial charge < -0.3 is 9.64 Å². The van der Waals surface area contributed by atoms with Gasteiger partial charge in [-0.1, -0.05) is 66.3 Å². The number of rotatable bonds is 5. The Hall–Kier alpha value is -3.49. The van der Waals surface area contributed by atoms with Crippen LogP contribution in [0.3, 0.4) is 0 Å². The lowest BCUT2D eigenvalue weighted by Crippen LogP contribution is -2.41. The average Bonchev–Trinajstić information content (AvgIpc) is 3.32. The number of para-hydroxylation sites is 1. The first kappa shape index (κ1) is 24.2. The van der Waals surface area contributed by atoms with E-state index in [0.717, 1.165) is 29.0 Å². The minimum Gasteiger partial charge on any atom is -0.463 e. The monoisotopic (exact) mass is 521 g/mol.